The maximum atomic E-state index is 12.8. The third-order valence-corrected chi connectivity index (χ3v) is 6.87. The fraction of sp³-hybridized carbons (Fsp3) is 0.211. The molecule has 29 heavy (non-hydrogen) atoms. The summed E-state index contributed by atoms with van der Waals surface area (Å²) >= 11 is 6.14. The standard InChI is InChI=1S/C19H20ClN5O3S/c1-3-24(4-2)29(27,28)18-11-14(9-10-15(18)20)19(26)23-16-7-5-6-8-17(16)25-13-21-12-22-25/h5-13H,3-4H2,1-2H3,(H,23,26). The lowest BCUT2D eigenvalue weighted by molar-refractivity contribution is 0.102. The lowest BCUT2D eigenvalue weighted by Crippen LogP contribution is -2.31. The molecule has 152 valence electrons. The first-order valence-corrected chi connectivity index (χ1v) is 10.7. The van der Waals surface area contributed by atoms with E-state index in [9.17, 15) is 13.2 Å². The number of amides is 1. The lowest BCUT2D eigenvalue weighted by atomic mass is 10.2. The molecule has 0 saturated carbocycles. The summed E-state index contributed by atoms with van der Waals surface area (Å²) in [5, 5.41) is 6.93. The molecule has 0 atom stereocenters. The van der Waals surface area contributed by atoms with Gasteiger partial charge in [-0.25, -0.2) is 18.1 Å². The summed E-state index contributed by atoms with van der Waals surface area (Å²) in [4.78, 5) is 16.6. The number of benzene rings is 2. The lowest BCUT2D eigenvalue weighted by Gasteiger charge is -2.19. The topological polar surface area (TPSA) is 97.2 Å². The molecule has 0 spiro atoms. The Morgan fingerprint density at radius 1 is 1.17 bits per heavy atom. The van der Waals surface area contributed by atoms with Crippen LogP contribution in [-0.2, 0) is 10.0 Å². The number of halogens is 1. The predicted octanol–water partition coefficient (Wildman–Crippen LogP) is 3.20. The molecule has 0 bridgehead atoms. The minimum atomic E-state index is -3.81. The van der Waals surface area contributed by atoms with Crippen LogP contribution in [-0.4, -0.2) is 46.5 Å². The van der Waals surface area contributed by atoms with Gasteiger partial charge in [0.05, 0.1) is 16.4 Å². The Labute approximate surface area is 174 Å². The van der Waals surface area contributed by atoms with E-state index in [1.165, 1.54) is 39.8 Å². The van der Waals surface area contributed by atoms with E-state index in [4.69, 9.17) is 11.6 Å². The third kappa shape index (κ3) is 4.31. The van der Waals surface area contributed by atoms with Gasteiger partial charge in [0.15, 0.2) is 0 Å². The number of hydrogen-bond donors (Lipinski definition) is 1. The maximum Gasteiger partial charge on any atom is 0.255 e. The van der Waals surface area contributed by atoms with Crippen molar-refractivity contribution in [2.45, 2.75) is 18.7 Å². The maximum absolute atomic E-state index is 12.8. The summed E-state index contributed by atoms with van der Waals surface area (Å²) in [6, 6.07) is 11.3. The van der Waals surface area contributed by atoms with Crippen molar-refractivity contribution in [3.8, 4) is 5.69 Å². The second-order valence-corrected chi connectivity index (χ2v) is 8.36. The Balaban J connectivity index is 1.94. The van der Waals surface area contributed by atoms with Gasteiger partial charge in [-0.2, -0.15) is 9.40 Å². The van der Waals surface area contributed by atoms with Gasteiger partial charge in [0, 0.05) is 18.7 Å². The van der Waals surface area contributed by atoms with Gasteiger partial charge in [0.2, 0.25) is 10.0 Å². The molecule has 1 amide bonds. The van der Waals surface area contributed by atoms with Gasteiger partial charge in [-0.15, -0.1) is 0 Å². The highest BCUT2D eigenvalue weighted by Crippen LogP contribution is 2.27. The van der Waals surface area contributed by atoms with Crippen molar-refractivity contribution in [3.05, 3.63) is 65.7 Å². The predicted molar refractivity (Wildman–Crippen MR) is 111 cm³/mol. The molecule has 2 aromatic carbocycles. The van der Waals surface area contributed by atoms with Crippen molar-refractivity contribution in [2.24, 2.45) is 0 Å². The molecule has 0 aliphatic heterocycles. The van der Waals surface area contributed by atoms with Gasteiger partial charge >= 0.3 is 0 Å². The van der Waals surface area contributed by atoms with E-state index < -0.39 is 15.9 Å². The number of nitrogens with zero attached hydrogens (tertiary/aromatic N) is 4. The monoisotopic (exact) mass is 433 g/mol. The average molecular weight is 434 g/mol. The molecular formula is C19H20ClN5O3S. The average Bonchev–Trinajstić information content (AvgIpc) is 3.24. The van der Waals surface area contributed by atoms with Gasteiger partial charge in [-0.05, 0) is 30.3 Å². The van der Waals surface area contributed by atoms with Crippen LogP contribution in [0.2, 0.25) is 5.02 Å². The van der Waals surface area contributed by atoms with Gasteiger partial charge in [0.25, 0.3) is 5.91 Å². The summed E-state index contributed by atoms with van der Waals surface area (Å²) in [7, 11) is -3.81. The summed E-state index contributed by atoms with van der Waals surface area (Å²) in [5.74, 6) is -0.467. The van der Waals surface area contributed by atoms with Gasteiger partial charge in [-0.3, -0.25) is 4.79 Å². The zero-order chi connectivity index (χ0) is 21.0. The Hall–Kier alpha value is -2.75. The van der Waals surface area contributed by atoms with Crippen LogP contribution in [0.15, 0.2) is 60.0 Å². The van der Waals surface area contributed by atoms with Crippen LogP contribution in [0.4, 0.5) is 5.69 Å². The van der Waals surface area contributed by atoms with Crippen molar-refractivity contribution in [1.29, 1.82) is 0 Å². The van der Waals surface area contributed by atoms with E-state index in [2.05, 4.69) is 15.4 Å². The fourth-order valence-electron chi connectivity index (χ4n) is 2.85. The number of anilines is 1. The van der Waals surface area contributed by atoms with E-state index in [-0.39, 0.29) is 15.5 Å². The van der Waals surface area contributed by atoms with Crippen LogP contribution in [0.1, 0.15) is 24.2 Å². The number of sulfonamides is 1. The van der Waals surface area contributed by atoms with Crippen molar-refractivity contribution in [2.75, 3.05) is 18.4 Å². The molecule has 0 unspecified atom stereocenters. The molecule has 3 aromatic rings. The second kappa shape index (κ2) is 8.73. The van der Waals surface area contributed by atoms with Gasteiger partial charge in [-0.1, -0.05) is 37.6 Å². The normalized spacial score (nSPS) is 11.6. The minimum absolute atomic E-state index is 0.0662. The summed E-state index contributed by atoms with van der Waals surface area (Å²) in [6.45, 7) is 4.09. The number of nitrogens with one attached hydrogen (secondary N) is 1. The van der Waals surface area contributed by atoms with Crippen LogP contribution >= 0.6 is 11.6 Å². The third-order valence-electron chi connectivity index (χ3n) is 4.33. The van der Waals surface area contributed by atoms with E-state index in [1.807, 2.05) is 6.07 Å². The van der Waals surface area contributed by atoms with Crippen molar-refractivity contribution >= 4 is 33.2 Å². The molecule has 8 nitrogen and oxygen atoms in total. The molecule has 0 aliphatic rings. The second-order valence-electron chi connectivity index (χ2n) is 6.05. The smallest absolute Gasteiger partial charge is 0.255 e. The first-order valence-electron chi connectivity index (χ1n) is 8.93. The number of hydrogen-bond acceptors (Lipinski definition) is 5. The summed E-state index contributed by atoms with van der Waals surface area (Å²) in [5.41, 5.74) is 1.31. The minimum Gasteiger partial charge on any atom is -0.320 e. The highest BCUT2D eigenvalue weighted by atomic mass is 35.5. The largest absolute Gasteiger partial charge is 0.320 e. The summed E-state index contributed by atoms with van der Waals surface area (Å²) < 4.78 is 28.5. The number of rotatable bonds is 7. The molecule has 0 fully saturated rings. The molecule has 0 aliphatic carbocycles. The quantitative estimate of drug-likeness (QED) is 0.617. The first kappa shape index (κ1) is 21.0. The Bertz CT molecular complexity index is 1110. The molecule has 1 aromatic heterocycles. The van der Waals surface area contributed by atoms with E-state index in [0.717, 1.165) is 0 Å². The number of aromatic nitrogens is 3. The Morgan fingerprint density at radius 3 is 2.55 bits per heavy atom. The van der Waals surface area contributed by atoms with Gasteiger partial charge < -0.3 is 5.32 Å². The number of carbonyl (C=O) groups excluding carboxylic acids is 1. The zero-order valence-corrected chi connectivity index (χ0v) is 17.5. The molecular weight excluding hydrogens is 414 g/mol. The first-order chi connectivity index (χ1) is 13.9. The van der Waals surface area contributed by atoms with Crippen molar-refractivity contribution in [3.63, 3.8) is 0 Å². The highest BCUT2D eigenvalue weighted by Gasteiger charge is 2.25. The Morgan fingerprint density at radius 2 is 1.90 bits per heavy atom. The molecule has 1 heterocycles. The van der Waals surface area contributed by atoms with Crippen LogP contribution in [0, 0.1) is 0 Å². The SMILES string of the molecule is CCN(CC)S(=O)(=O)c1cc(C(=O)Nc2ccccc2-n2cncn2)ccc1Cl. The van der Waals surface area contributed by atoms with Crippen LogP contribution in [0.25, 0.3) is 5.69 Å². The highest BCUT2D eigenvalue weighted by molar-refractivity contribution is 7.89. The molecule has 0 radical (unpaired) electrons. The van der Waals surface area contributed by atoms with Crippen LogP contribution < -0.4 is 5.32 Å². The van der Waals surface area contributed by atoms with Crippen molar-refractivity contribution in [1.82, 2.24) is 19.1 Å². The van der Waals surface area contributed by atoms with E-state index in [1.54, 1.807) is 32.0 Å². The molecule has 1 N–H and O–H groups in total. The van der Waals surface area contributed by atoms with E-state index >= 15 is 0 Å². The number of para-hydroxylation sites is 2. The fourth-order valence-corrected chi connectivity index (χ4v) is 4.81. The van der Waals surface area contributed by atoms with Crippen LogP contribution in [0.5, 0.6) is 0 Å². The van der Waals surface area contributed by atoms with Crippen LogP contribution in [0.3, 0.4) is 0 Å². The van der Waals surface area contributed by atoms with Crippen molar-refractivity contribution < 1.29 is 13.2 Å². The summed E-state index contributed by atoms with van der Waals surface area (Å²) in [6.07, 6.45) is 2.91. The van der Waals surface area contributed by atoms with E-state index in [0.29, 0.717) is 24.5 Å². The number of carbonyl (C=O) groups is 1. The molecule has 0 saturated heterocycles. The zero-order valence-electron chi connectivity index (χ0n) is 15.9. The van der Waals surface area contributed by atoms with Gasteiger partial charge in [0.1, 0.15) is 17.6 Å². The Kier molecular flexibility index (Phi) is 6.31. The molecule has 3 rings (SSSR count). The molecule has 10 heteroatoms.